The Bertz CT molecular complexity index is 649. The molecule has 0 unspecified atom stereocenters. The number of carbonyl (C=O) groups is 2. The Kier molecular flexibility index (Phi) is 8.55. The van der Waals surface area contributed by atoms with Crippen molar-refractivity contribution in [2.75, 3.05) is 12.9 Å². The molecule has 1 rings (SSSR count). The number of hydrogen-bond donors (Lipinski definition) is 0. The molecular formula is C16H25NO5S2. The van der Waals surface area contributed by atoms with Gasteiger partial charge in [0.05, 0.1) is 36.6 Å². The number of nitrogens with zero attached hydrogens (tertiary/aromatic N) is 1. The van der Waals surface area contributed by atoms with Crippen LogP contribution in [0.1, 0.15) is 50.2 Å². The van der Waals surface area contributed by atoms with Crippen LogP contribution in [0.2, 0.25) is 0 Å². The van der Waals surface area contributed by atoms with Gasteiger partial charge >= 0.3 is 5.97 Å². The molecule has 0 radical (unpaired) electrons. The van der Waals surface area contributed by atoms with Crippen LogP contribution in [0.4, 0.5) is 0 Å². The summed E-state index contributed by atoms with van der Waals surface area (Å²) in [5.41, 5.74) is 0.619. The first-order valence-corrected chi connectivity index (χ1v) is 10.6. The fraction of sp³-hybridized carbons (Fsp3) is 0.688. The van der Waals surface area contributed by atoms with Gasteiger partial charge in [0.2, 0.25) is 0 Å². The average molecular weight is 376 g/mol. The Labute approximate surface area is 147 Å². The Hall–Kier alpha value is -1.28. The second-order valence-electron chi connectivity index (χ2n) is 5.93. The standard InChI is InChI=1S/C16H25NO5S2/c1-12(2)24(20,21)8-6-4-5-7-14(18)10-15-17-13(11-23-15)9-16(19)22-3/h11-12H,4-10H2,1-3H3. The minimum Gasteiger partial charge on any atom is -0.469 e. The summed E-state index contributed by atoms with van der Waals surface area (Å²) >= 11 is 1.36. The zero-order valence-electron chi connectivity index (χ0n) is 14.4. The van der Waals surface area contributed by atoms with Gasteiger partial charge in [0.25, 0.3) is 0 Å². The number of unbranched alkanes of at least 4 members (excludes halogenated alkanes) is 2. The van der Waals surface area contributed by atoms with Gasteiger partial charge in [0, 0.05) is 11.8 Å². The summed E-state index contributed by atoms with van der Waals surface area (Å²) in [5, 5.41) is 2.11. The predicted molar refractivity (Wildman–Crippen MR) is 93.9 cm³/mol. The molecule has 0 atom stereocenters. The highest BCUT2D eigenvalue weighted by atomic mass is 32.2. The van der Waals surface area contributed by atoms with Crippen LogP contribution in [0.15, 0.2) is 5.38 Å². The highest BCUT2D eigenvalue weighted by Gasteiger charge is 2.15. The molecule has 1 heterocycles. The third kappa shape index (κ3) is 7.53. The van der Waals surface area contributed by atoms with Crippen LogP contribution in [0, 0.1) is 0 Å². The number of ether oxygens (including phenoxy) is 1. The van der Waals surface area contributed by atoms with Crippen molar-refractivity contribution in [3.63, 3.8) is 0 Å². The Morgan fingerprint density at radius 2 is 1.92 bits per heavy atom. The number of ketones is 1. The summed E-state index contributed by atoms with van der Waals surface area (Å²) < 4.78 is 27.9. The van der Waals surface area contributed by atoms with Crippen LogP contribution in [-0.4, -0.2) is 43.3 Å². The molecule has 1 aromatic rings. The van der Waals surface area contributed by atoms with E-state index in [-0.39, 0.29) is 35.6 Å². The number of esters is 1. The van der Waals surface area contributed by atoms with Crippen molar-refractivity contribution in [3.8, 4) is 0 Å². The zero-order valence-corrected chi connectivity index (χ0v) is 16.0. The van der Waals surface area contributed by atoms with E-state index in [2.05, 4.69) is 9.72 Å². The molecule has 6 nitrogen and oxygen atoms in total. The maximum Gasteiger partial charge on any atom is 0.311 e. The molecular weight excluding hydrogens is 350 g/mol. The molecule has 24 heavy (non-hydrogen) atoms. The maximum atomic E-state index is 11.9. The first-order chi connectivity index (χ1) is 11.2. The second kappa shape index (κ2) is 9.88. The van der Waals surface area contributed by atoms with Crippen LogP contribution in [-0.2, 0) is 37.0 Å². The highest BCUT2D eigenvalue weighted by molar-refractivity contribution is 7.91. The first kappa shape index (κ1) is 20.8. The average Bonchev–Trinajstić information content (AvgIpc) is 2.93. The molecule has 8 heteroatoms. The SMILES string of the molecule is COC(=O)Cc1csc(CC(=O)CCCCCS(=O)(=O)C(C)C)n1. The molecule has 0 saturated carbocycles. The molecule has 0 amide bonds. The van der Waals surface area contributed by atoms with E-state index in [1.165, 1.54) is 18.4 Å². The molecule has 0 fully saturated rings. The monoisotopic (exact) mass is 375 g/mol. The molecule has 0 aliphatic heterocycles. The van der Waals surface area contributed by atoms with E-state index in [9.17, 15) is 18.0 Å². The van der Waals surface area contributed by atoms with E-state index in [1.807, 2.05) is 0 Å². The van der Waals surface area contributed by atoms with Gasteiger partial charge in [-0.3, -0.25) is 9.59 Å². The van der Waals surface area contributed by atoms with E-state index in [0.717, 1.165) is 6.42 Å². The molecule has 0 bridgehead atoms. The second-order valence-corrected chi connectivity index (χ2v) is 9.55. The summed E-state index contributed by atoms with van der Waals surface area (Å²) in [5.74, 6) is -0.0856. The molecule has 0 aromatic carbocycles. The van der Waals surface area contributed by atoms with Crippen molar-refractivity contribution in [2.24, 2.45) is 0 Å². The number of rotatable bonds is 11. The van der Waals surface area contributed by atoms with E-state index < -0.39 is 9.84 Å². The number of thiazole rings is 1. The van der Waals surface area contributed by atoms with Crippen molar-refractivity contribution in [1.29, 1.82) is 0 Å². The lowest BCUT2D eigenvalue weighted by Gasteiger charge is -2.06. The van der Waals surface area contributed by atoms with E-state index in [1.54, 1.807) is 19.2 Å². The van der Waals surface area contributed by atoms with Gasteiger partial charge in [0.1, 0.15) is 10.8 Å². The first-order valence-electron chi connectivity index (χ1n) is 7.98. The van der Waals surface area contributed by atoms with E-state index in [0.29, 0.717) is 30.0 Å². The molecule has 0 N–H and O–H groups in total. The third-order valence-corrected chi connectivity index (χ3v) is 6.80. The zero-order chi connectivity index (χ0) is 18.2. The molecule has 1 aromatic heterocycles. The van der Waals surface area contributed by atoms with Gasteiger partial charge in [-0.05, 0) is 26.7 Å². The van der Waals surface area contributed by atoms with Gasteiger partial charge in [0.15, 0.2) is 9.84 Å². The number of hydrogen-bond acceptors (Lipinski definition) is 7. The van der Waals surface area contributed by atoms with Crippen LogP contribution in [0.25, 0.3) is 0 Å². The van der Waals surface area contributed by atoms with Crippen molar-refractivity contribution < 1.29 is 22.7 Å². The fourth-order valence-electron chi connectivity index (χ4n) is 2.03. The maximum absolute atomic E-state index is 11.9. The van der Waals surface area contributed by atoms with Crippen LogP contribution in [0.3, 0.4) is 0 Å². The lowest BCUT2D eigenvalue weighted by atomic mass is 10.1. The molecule has 0 spiro atoms. The molecule has 136 valence electrons. The van der Waals surface area contributed by atoms with Crippen molar-refractivity contribution in [1.82, 2.24) is 4.98 Å². The Balaban J connectivity index is 2.26. The summed E-state index contributed by atoms with van der Waals surface area (Å²) in [6, 6.07) is 0. The number of aromatic nitrogens is 1. The summed E-state index contributed by atoms with van der Waals surface area (Å²) in [6.07, 6.45) is 2.81. The van der Waals surface area contributed by atoms with Gasteiger partial charge in [-0.25, -0.2) is 13.4 Å². The topological polar surface area (TPSA) is 90.4 Å². The minimum atomic E-state index is -2.99. The lowest BCUT2D eigenvalue weighted by molar-refractivity contribution is -0.139. The van der Waals surface area contributed by atoms with Crippen LogP contribution in [0.5, 0.6) is 0 Å². The van der Waals surface area contributed by atoms with Gasteiger partial charge in [-0.2, -0.15) is 0 Å². The minimum absolute atomic E-state index is 0.0840. The fourth-order valence-corrected chi connectivity index (χ4v) is 3.93. The predicted octanol–water partition coefficient (Wildman–Crippen LogP) is 2.35. The highest BCUT2D eigenvalue weighted by Crippen LogP contribution is 2.14. The van der Waals surface area contributed by atoms with Crippen molar-refractivity contribution in [3.05, 3.63) is 16.1 Å². The van der Waals surface area contributed by atoms with Crippen LogP contribution >= 0.6 is 11.3 Å². The lowest BCUT2D eigenvalue weighted by Crippen LogP contribution is -2.17. The summed E-state index contributed by atoms with van der Waals surface area (Å²) in [4.78, 5) is 27.3. The van der Waals surface area contributed by atoms with E-state index in [4.69, 9.17) is 0 Å². The number of methoxy groups -OCH3 is 1. The molecule has 0 saturated heterocycles. The largest absolute Gasteiger partial charge is 0.469 e. The summed E-state index contributed by atoms with van der Waals surface area (Å²) in [6.45, 7) is 3.36. The molecule has 0 aliphatic rings. The van der Waals surface area contributed by atoms with Gasteiger partial charge in [-0.15, -0.1) is 11.3 Å². The molecule has 0 aliphatic carbocycles. The van der Waals surface area contributed by atoms with Gasteiger partial charge in [-0.1, -0.05) is 6.42 Å². The summed E-state index contributed by atoms with van der Waals surface area (Å²) in [7, 11) is -1.66. The van der Waals surface area contributed by atoms with Crippen LogP contribution < -0.4 is 0 Å². The number of sulfone groups is 1. The van der Waals surface area contributed by atoms with E-state index >= 15 is 0 Å². The van der Waals surface area contributed by atoms with Crippen molar-refractivity contribution in [2.45, 2.75) is 57.6 Å². The smallest absolute Gasteiger partial charge is 0.311 e. The Morgan fingerprint density at radius 3 is 2.54 bits per heavy atom. The van der Waals surface area contributed by atoms with Gasteiger partial charge < -0.3 is 4.74 Å². The number of carbonyl (C=O) groups excluding carboxylic acids is 2. The Morgan fingerprint density at radius 1 is 1.21 bits per heavy atom. The quantitative estimate of drug-likeness (QED) is 0.436. The normalized spacial score (nSPS) is 11.7. The third-order valence-electron chi connectivity index (χ3n) is 3.60. The number of Topliss-reactive ketones (excluding diaryl/α,β-unsaturated/α-hetero) is 1. The van der Waals surface area contributed by atoms with Crippen molar-refractivity contribution >= 4 is 32.9 Å².